The molecule has 2 aromatic heterocycles. The molecule has 1 aliphatic heterocycles. The van der Waals surface area contributed by atoms with E-state index in [2.05, 4.69) is 15.3 Å². The number of imidazole rings is 1. The first-order chi connectivity index (χ1) is 13.1. The van der Waals surface area contributed by atoms with Gasteiger partial charge in [-0.15, -0.1) is 0 Å². The lowest BCUT2D eigenvalue weighted by Crippen LogP contribution is -2.21. The largest absolute Gasteiger partial charge is 0.390 e. The van der Waals surface area contributed by atoms with Crippen LogP contribution < -0.4 is 5.32 Å². The van der Waals surface area contributed by atoms with Gasteiger partial charge < -0.3 is 15.2 Å². The fourth-order valence-corrected chi connectivity index (χ4v) is 3.61. The average molecular weight is 366 g/mol. The Kier molecular flexibility index (Phi) is 4.63. The highest BCUT2D eigenvalue weighted by Gasteiger charge is 2.42. The molecule has 0 bridgehead atoms. The van der Waals surface area contributed by atoms with Gasteiger partial charge in [0.2, 0.25) is 0 Å². The molecule has 1 aliphatic rings. The molecule has 7 nitrogen and oxygen atoms in total. The van der Waals surface area contributed by atoms with E-state index in [9.17, 15) is 9.90 Å². The van der Waals surface area contributed by atoms with E-state index in [4.69, 9.17) is 4.74 Å². The second kappa shape index (κ2) is 7.09. The molecule has 0 radical (unpaired) electrons. The fraction of sp³-hybridized carbons (Fsp3) is 0.350. The number of benzene rings is 1. The van der Waals surface area contributed by atoms with Crippen molar-refractivity contribution >= 4 is 17.4 Å². The summed E-state index contributed by atoms with van der Waals surface area (Å²) in [4.78, 5) is 21.1. The molecule has 3 heterocycles. The van der Waals surface area contributed by atoms with Crippen molar-refractivity contribution < 1.29 is 14.6 Å². The van der Waals surface area contributed by atoms with Crippen molar-refractivity contribution in [3.05, 3.63) is 60.2 Å². The van der Waals surface area contributed by atoms with E-state index in [1.165, 1.54) is 0 Å². The zero-order valence-electron chi connectivity index (χ0n) is 15.2. The third kappa shape index (κ3) is 3.09. The van der Waals surface area contributed by atoms with Crippen molar-refractivity contribution in [2.45, 2.75) is 38.6 Å². The van der Waals surface area contributed by atoms with Crippen molar-refractivity contribution in [3.8, 4) is 0 Å². The quantitative estimate of drug-likeness (QED) is 0.741. The molecule has 3 aromatic rings. The Balaban J connectivity index is 1.65. The Hall–Kier alpha value is -2.77. The minimum Gasteiger partial charge on any atom is -0.390 e. The van der Waals surface area contributed by atoms with Crippen LogP contribution >= 0.6 is 0 Å². The van der Waals surface area contributed by atoms with Gasteiger partial charge in [0.25, 0.3) is 5.91 Å². The minimum atomic E-state index is -0.606. The van der Waals surface area contributed by atoms with E-state index < -0.39 is 12.2 Å². The van der Waals surface area contributed by atoms with E-state index >= 15 is 0 Å². The predicted molar refractivity (Wildman–Crippen MR) is 100 cm³/mol. The number of aliphatic hydroxyl groups is 1. The summed E-state index contributed by atoms with van der Waals surface area (Å²) in [5.41, 5.74) is 1.81. The summed E-state index contributed by atoms with van der Waals surface area (Å²) in [5, 5.41) is 13.4. The number of nitrogens with zero attached hydrogens (tertiary/aromatic N) is 3. The van der Waals surface area contributed by atoms with E-state index in [1.54, 1.807) is 42.9 Å². The number of fused-ring (bicyclic) bond motifs is 1. The third-order valence-electron chi connectivity index (χ3n) is 5.18. The van der Waals surface area contributed by atoms with Crippen LogP contribution in [0.1, 0.15) is 42.4 Å². The number of anilines is 1. The standard InChI is InChI=1S/C20H22N4O3/c1-3-15-12(2)16(25)17(27-15)14-11-22-19-18(21-9-10-24(14)19)23-20(26)13-7-5-4-6-8-13/h4-12,15-17,25H,3H2,1-2H3,(H,21,23,26)/t12-,15+,16?,17-/m0/s1. The van der Waals surface area contributed by atoms with Crippen LogP contribution in [0.25, 0.3) is 5.65 Å². The SMILES string of the molecule is CC[C@H]1O[C@@H](c2cnc3c(NC(=O)c4ccccc4)nccn23)C(O)[C@H]1C. The number of hydrogen-bond donors (Lipinski definition) is 2. The Bertz CT molecular complexity index is 956. The van der Waals surface area contributed by atoms with Crippen LogP contribution in [0.3, 0.4) is 0 Å². The van der Waals surface area contributed by atoms with Gasteiger partial charge in [0, 0.05) is 23.9 Å². The number of carbonyl (C=O) groups excluding carboxylic acids is 1. The number of aliphatic hydroxyl groups excluding tert-OH is 1. The number of hydrogen-bond acceptors (Lipinski definition) is 5. The lowest BCUT2D eigenvalue weighted by molar-refractivity contribution is 0.00486. The highest BCUT2D eigenvalue weighted by Crippen LogP contribution is 2.38. The van der Waals surface area contributed by atoms with Crippen LogP contribution in [0.15, 0.2) is 48.9 Å². The molecule has 0 saturated carbocycles. The molecule has 0 aliphatic carbocycles. The van der Waals surface area contributed by atoms with Crippen molar-refractivity contribution in [2.24, 2.45) is 5.92 Å². The van der Waals surface area contributed by atoms with Crippen LogP contribution in [-0.2, 0) is 4.74 Å². The summed E-state index contributed by atoms with van der Waals surface area (Å²) in [5.74, 6) is 0.160. The maximum Gasteiger partial charge on any atom is 0.256 e. The van der Waals surface area contributed by atoms with E-state index in [0.29, 0.717) is 17.0 Å². The first-order valence-electron chi connectivity index (χ1n) is 9.12. The molecule has 1 aromatic carbocycles. The summed E-state index contributed by atoms with van der Waals surface area (Å²) < 4.78 is 7.87. The lowest BCUT2D eigenvalue weighted by atomic mass is 9.96. The number of ether oxygens (including phenoxy) is 1. The predicted octanol–water partition coefficient (Wildman–Crippen LogP) is 2.83. The molecule has 0 spiro atoms. The first kappa shape index (κ1) is 17.6. The number of amides is 1. The molecule has 1 saturated heterocycles. The first-order valence-corrected chi connectivity index (χ1v) is 9.12. The zero-order valence-corrected chi connectivity index (χ0v) is 15.2. The van der Waals surface area contributed by atoms with Crippen LogP contribution in [0.2, 0.25) is 0 Å². The summed E-state index contributed by atoms with van der Waals surface area (Å²) in [7, 11) is 0. The number of carbonyl (C=O) groups is 1. The van der Waals surface area contributed by atoms with Crippen molar-refractivity contribution in [1.29, 1.82) is 0 Å². The van der Waals surface area contributed by atoms with Crippen LogP contribution in [-0.4, -0.2) is 37.6 Å². The molecule has 140 valence electrons. The summed E-state index contributed by atoms with van der Waals surface area (Å²) >= 11 is 0. The molecule has 7 heteroatoms. The topological polar surface area (TPSA) is 88.8 Å². The van der Waals surface area contributed by atoms with Crippen LogP contribution in [0.5, 0.6) is 0 Å². The van der Waals surface area contributed by atoms with Gasteiger partial charge in [-0.3, -0.25) is 9.20 Å². The number of rotatable bonds is 4. The zero-order chi connectivity index (χ0) is 19.0. The van der Waals surface area contributed by atoms with Gasteiger partial charge in [-0.1, -0.05) is 32.0 Å². The Morgan fingerprint density at radius 2 is 2.07 bits per heavy atom. The summed E-state index contributed by atoms with van der Waals surface area (Å²) in [6, 6.07) is 8.94. The normalized spacial score (nSPS) is 25.0. The molecule has 1 fully saturated rings. The Labute approximate surface area is 157 Å². The summed E-state index contributed by atoms with van der Waals surface area (Å²) in [6.45, 7) is 4.04. The van der Waals surface area contributed by atoms with E-state index in [0.717, 1.165) is 12.1 Å². The van der Waals surface area contributed by atoms with Gasteiger partial charge in [0.15, 0.2) is 11.5 Å². The molecule has 2 N–H and O–H groups in total. The Morgan fingerprint density at radius 3 is 2.78 bits per heavy atom. The van der Waals surface area contributed by atoms with Crippen molar-refractivity contribution in [2.75, 3.05) is 5.32 Å². The highest BCUT2D eigenvalue weighted by molar-refractivity contribution is 6.05. The van der Waals surface area contributed by atoms with Gasteiger partial charge in [0.05, 0.1) is 24.1 Å². The Morgan fingerprint density at radius 1 is 1.30 bits per heavy atom. The monoisotopic (exact) mass is 366 g/mol. The van der Waals surface area contributed by atoms with Crippen LogP contribution in [0.4, 0.5) is 5.82 Å². The lowest BCUT2D eigenvalue weighted by Gasteiger charge is -2.15. The summed E-state index contributed by atoms with van der Waals surface area (Å²) in [6.07, 6.45) is 4.82. The maximum absolute atomic E-state index is 12.4. The minimum absolute atomic E-state index is 0.00893. The van der Waals surface area contributed by atoms with Crippen molar-refractivity contribution in [1.82, 2.24) is 14.4 Å². The van der Waals surface area contributed by atoms with Gasteiger partial charge in [-0.05, 0) is 18.6 Å². The van der Waals surface area contributed by atoms with Crippen LogP contribution in [0, 0.1) is 5.92 Å². The van der Waals surface area contributed by atoms with E-state index in [-0.39, 0.29) is 17.9 Å². The van der Waals surface area contributed by atoms with E-state index in [1.807, 2.05) is 24.3 Å². The smallest absolute Gasteiger partial charge is 0.256 e. The fourth-order valence-electron chi connectivity index (χ4n) is 3.61. The van der Waals surface area contributed by atoms with Gasteiger partial charge in [-0.2, -0.15) is 0 Å². The van der Waals surface area contributed by atoms with Gasteiger partial charge >= 0.3 is 0 Å². The molecule has 4 rings (SSSR count). The average Bonchev–Trinajstić information content (AvgIpc) is 3.25. The van der Waals surface area contributed by atoms with Gasteiger partial charge in [-0.25, -0.2) is 9.97 Å². The molecular weight excluding hydrogens is 344 g/mol. The molecular formula is C20H22N4O3. The van der Waals surface area contributed by atoms with Crippen molar-refractivity contribution in [3.63, 3.8) is 0 Å². The third-order valence-corrected chi connectivity index (χ3v) is 5.18. The number of nitrogens with one attached hydrogen (secondary N) is 1. The molecule has 27 heavy (non-hydrogen) atoms. The molecule has 1 unspecified atom stereocenters. The van der Waals surface area contributed by atoms with Gasteiger partial charge in [0.1, 0.15) is 6.10 Å². The molecule has 4 atom stereocenters. The maximum atomic E-state index is 12.4. The second-order valence-electron chi connectivity index (χ2n) is 6.83. The number of aromatic nitrogens is 3. The highest BCUT2D eigenvalue weighted by atomic mass is 16.5. The second-order valence-corrected chi connectivity index (χ2v) is 6.83. The molecule has 1 amide bonds.